The average molecular weight is 423 g/mol. The first-order chi connectivity index (χ1) is 14.2. The van der Waals surface area contributed by atoms with E-state index in [4.69, 9.17) is 23.2 Å². The second-order valence-electron chi connectivity index (χ2n) is 8.17. The summed E-state index contributed by atoms with van der Waals surface area (Å²) in [6.45, 7) is 0. The van der Waals surface area contributed by atoms with Crippen molar-refractivity contribution in [3.63, 3.8) is 0 Å². The fraction of sp³-hybridized carbons (Fsp3) is 0.333. The first-order valence-corrected chi connectivity index (χ1v) is 11.5. The summed E-state index contributed by atoms with van der Waals surface area (Å²) in [6, 6.07) is 27.1. The fourth-order valence-corrected chi connectivity index (χ4v) is 5.40. The third-order valence-electron chi connectivity index (χ3n) is 6.30. The minimum Gasteiger partial charge on any atom is -0.103 e. The van der Waals surface area contributed by atoms with Crippen LogP contribution in [0.4, 0.5) is 0 Å². The standard InChI is InChI=1S/C27H28Cl2/c28-26-16-10-9-15-25(26)27(29,23-13-7-4-8-14-23)24-19-17-22(18-20-24)21-11-5-2-1-3-6-12-21/h4,7-10,13-21H,1-3,5-6,11-12H2. The molecule has 150 valence electrons. The van der Waals surface area contributed by atoms with E-state index >= 15 is 0 Å². The molecule has 0 aliphatic heterocycles. The lowest BCUT2D eigenvalue weighted by molar-refractivity contribution is 0.455. The number of halogens is 2. The van der Waals surface area contributed by atoms with Crippen LogP contribution in [0.25, 0.3) is 0 Å². The smallest absolute Gasteiger partial charge is 0.103 e. The largest absolute Gasteiger partial charge is 0.121 e. The molecule has 0 N–H and O–H groups in total. The minimum absolute atomic E-state index is 0.672. The van der Waals surface area contributed by atoms with Gasteiger partial charge in [-0.25, -0.2) is 0 Å². The number of rotatable bonds is 4. The SMILES string of the molecule is Clc1ccccc1C(Cl)(c1ccccc1)c1ccc(C2CCCCCCC2)cc1. The van der Waals surface area contributed by atoms with Gasteiger partial charge in [0.1, 0.15) is 4.87 Å². The molecule has 0 amide bonds. The van der Waals surface area contributed by atoms with Crippen LogP contribution in [0.3, 0.4) is 0 Å². The van der Waals surface area contributed by atoms with Crippen LogP contribution < -0.4 is 0 Å². The van der Waals surface area contributed by atoms with Gasteiger partial charge in [0.05, 0.1) is 0 Å². The van der Waals surface area contributed by atoms with E-state index in [1.54, 1.807) is 0 Å². The van der Waals surface area contributed by atoms with Crippen molar-refractivity contribution in [1.82, 2.24) is 0 Å². The summed E-state index contributed by atoms with van der Waals surface area (Å²) in [5.74, 6) is 0.672. The lowest BCUT2D eigenvalue weighted by Gasteiger charge is -2.30. The molecule has 1 aliphatic rings. The van der Waals surface area contributed by atoms with E-state index in [1.807, 2.05) is 42.5 Å². The summed E-state index contributed by atoms with van der Waals surface area (Å²) >= 11 is 14.0. The third kappa shape index (κ3) is 4.39. The molecular weight excluding hydrogens is 395 g/mol. The van der Waals surface area contributed by atoms with E-state index in [2.05, 4.69) is 36.4 Å². The monoisotopic (exact) mass is 422 g/mol. The van der Waals surface area contributed by atoms with Gasteiger partial charge in [0.15, 0.2) is 0 Å². The number of hydrogen-bond acceptors (Lipinski definition) is 0. The van der Waals surface area contributed by atoms with E-state index in [0.29, 0.717) is 10.9 Å². The minimum atomic E-state index is -0.806. The zero-order valence-electron chi connectivity index (χ0n) is 16.8. The predicted molar refractivity (Wildman–Crippen MR) is 125 cm³/mol. The zero-order valence-corrected chi connectivity index (χ0v) is 18.3. The summed E-state index contributed by atoms with van der Waals surface area (Å²) in [4.78, 5) is -0.806. The fourth-order valence-electron chi connectivity index (χ4n) is 4.66. The van der Waals surface area contributed by atoms with E-state index in [0.717, 1.165) is 16.7 Å². The van der Waals surface area contributed by atoms with Crippen molar-refractivity contribution in [3.8, 4) is 0 Å². The second kappa shape index (κ2) is 9.37. The van der Waals surface area contributed by atoms with Gasteiger partial charge in [0.25, 0.3) is 0 Å². The zero-order chi connectivity index (χ0) is 20.1. The molecule has 0 heterocycles. The third-order valence-corrected chi connectivity index (χ3v) is 7.27. The lowest BCUT2D eigenvalue weighted by atomic mass is 9.81. The number of alkyl halides is 1. The van der Waals surface area contributed by atoms with Crippen molar-refractivity contribution in [2.75, 3.05) is 0 Å². The molecule has 4 rings (SSSR count). The van der Waals surface area contributed by atoms with Gasteiger partial charge < -0.3 is 0 Å². The summed E-state index contributed by atoms with van der Waals surface area (Å²) in [6.07, 6.45) is 9.43. The first-order valence-electron chi connectivity index (χ1n) is 10.8. The van der Waals surface area contributed by atoms with Gasteiger partial charge in [0, 0.05) is 10.6 Å². The summed E-state index contributed by atoms with van der Waals surface area (Å²) in [5.41, 5.74) is 4.47. The van der Waals surface area contributed by atoms with Gasteiger partial charge in [-0.15, -0.1) is 11.6 Å². The van der Waals surface area contributed by atoms with Gasteiger partial charge in [-0.1, -0.05) is 117 Å². The molecule has 1 atom stereocenters. The number of benzene rings is 3. The van der Waals surface area contributed by atoms with Crippen molar-refractivity contribution in [2.45, 2.75) is 55.7 Å². The molecule has 1 aliphatic carbocycles. The molecule has 2 heteroatoms. The highest BCUT2D eigenvalue weighted by atomic mass is 35.5. The average Bonchev–Trinajstić information content (AvgIpc) is 2.74. The van der Waals surface area contributed by atoms with Crippen molar-refractivity contribution < 1.29 is 0 Å². The maximum Gasteiger partial charge on any atom is 0.121 e. The second-order valence-corrected chi connectivity index (χ2v) is 9.14. The van der Waals surface area contributed by atoms with Crippen molar-refractivity contribution >= 4 is 23.2 Å². The van der Waals surface area contributed by atoms with Crippen LogP contribution in [0, 0.1) is 0 Å². The molecule has 1 saturated carbocycles. The molecule has 1 fully saturated rings. The molecule has 0 aromatic heterocycles. The molecule has 0 saturated heterocycles. The van der Waals surface area contributed by atoms with Crippen LogP contribution in [-0.2, 0) is 4.87 Å². The highest BCUT2D eigenvalue weighted by molar-refractivity contribution is 6.34. The van der Waals surface area contributed by atoms with Crippen LogP contribution in [0.1, 0.15) is 73.1 Å². The van der Waals surface area contributed by atoms with E-state index in [1.165, 1.54) is 50.5 Å². The Kier molecular flexibility index (Phi) is 6.63. The normalized spacial score (nSPS) is 17.9. The Bertz CT molecular complexity index is 909. The van der Waals surface area contributed by atoms with Crippen LogP contribution >= 0.6 is 23.2 Å². The molecule has 0 bridgehead atoms. The van der Waals surface area contributed by atoms with Gasteiger partial charge in [-0.3, -0.25) is 0 Å². The summed E-state index contributed by atoms with van der Waals surface area (Å²) in [5, 5.41) is 0.690. The van der Waals surface area contributed by atoms with Gasteiger partial charge in [0.2, 0.25) is 0 Å². The first kappa shape index (κ1) is 20.5. The van der Waals surface area contributed by atoms with Crippen molar-refractivity contribution in [2.24, 2.45) is 0 Å². The Labute approximate surface area is 184 Å². The maximum absolute atomic E-state index is 7.42. The molecule has 0 nitrogen and oxygen atoms in total. The highest BCUT2D eigenvalue weighted by Crippen LogP contribution is 2.46. The summed E-state index contributed by atoms with van der Waals surface area (Å²) < 4.78 is 0. The van der Waals surface area contributed by atoms with Gasteiger partial charge >= 0.3 is 0 Å². The van der Waals surface area contributed by atoms with E-state index < -0.39 is 4.87 Å². The quantitative estimate of drug-likeness (QED) is 0.291. The summed E-state index contributed by atoms with van der Waals surface area (Å²) in [7, 11) is 0. The van der Waals surface area contributed by atoms with Gasteiger partial charge in [-0.05, 0) is 41.5 Å². The Morgan fingerprint density at radius 2 is 1.17 bits per heavy atom. The number of hydrogen-bond donors (Lipinski definition) is 0. The van der Waals surface area contributed by atoms with Crippen LogP contribution in [0.15, 0.2) is 78.9 Å². The highest BCUT2D eigenvalue weighted by Gasteiger charge is 2.35. The Morgan fingerprint density at radius 3 is 1.83 bits per heavy atom. The molecule has 3 aromatic rings. The van der Waals surface area contributed by atoms with Gasteiger partial charge in [-0.2, -0.15) is 0 Å². The van der Waals surface area contributed by atoms with Crippen LogP contribution in [0.2, 0.25) is 5.02 Å². The Morgan fingerprint density at radius 1 is 0.621 bits per heavy atom. The van der Waals surface area contributed by atoms with E-state index in [9.17, 15) is 0 Å². The lowest BCUT2D eigenvalue weighted by Crippen LogP contribution is -2.23. The topological polar surface area (TPSA) is 0 Å². The van der Waals surface area contributed by atoms with Crippen LogP contribution in [-0.4, -0.2) is 0 Å². The molecule has 1 unspecified atom stereocenters. The Hall–Kier alpha value is -1.76. The molecule has 0 spiro atoms. The maximum atomic E-state index is 7.42. The Balaban J connectivity index is 1.73. The predicted octanol–water partition coefficient (Wildman–Crippen LogP) is 8.70. The molecule has 29 heavy (non-hydrogen) atoms. The van der Waals surface area contributed by atoms with Crippen molar-refractivity contribution in [1.29, 1.82) is 0 Å². The molecule has 3 aromatic carbocycles. The van der Waals surface area contributed by atoms with Crippen LogP contribution in [0.5, 0.6) is 0 Å². The molecule has 0 radical (unpaired) electrons. The van der Waals surface area contributed by atoms with E-state index in [-0.39, 0.29) is 0 Å². The van der Waals surface area contributed by atoms with Crippen molar-refractivity contribution in [3.05, 3.63) is 106 Å². The molecular formula is C27H28Cl2.